The zero-order valence-electron chi connectivity index (χ0n) is 17.5. The summed E-state index contributed by atoms with van der Waals surface area (Å²) in [4.78, 5) is 29.6. The summed E-state index contributed by atoms with van der Waals surface area (Å²) in [5.74, 6) is 0.305. The molecule has 6 heteroatoms. The zero-order chi connectivity index (χ0) is 20.8. The maximum Gasteiger partial charge on any atom is 0.257 e. The molecule has 3 heterocycles. The van der Waals surface area contributed by atoms with Crippen LogP contribution in [0.15, 0.2) is 53.3 Å². The minimum absolute atomic E-state index is 0.0523. The fourth-order valence-electron chi connectivity index (χ4n) is 4.67. The lowest BCUT2D eigenvalue weighted by molar-refractivity contribution is -0.127. The van der Waals surface area contributed by atoms with Crippen molar-refractivity contribution >= 4 is 11.8 Å². The number of carbonyl (C=O) groups is 2. The number of carbonyl (C=O) groups excluding carboxylic acids is 2. The van der Waals surface area contributed by atoms with Gasteiger partial charge in [0, 0.05) is 32.2 Å². The number of amides is 2. The molecular weight excluding hydrogens is 378 g/mol. The van der Waals surface area contributed by atoms with Gasteiger partial charge in [-0.15, -0.1) is 0 Å². The van der Waals surface area contributed by atoms with E-state index < -0.39 is 0 Å². The summed E-state index contributed by atoms with van der Waals surface area (Å²) in [6, 6.07) is 12.4. The molecule has 0 bridgehead atoms. The minimum atomic E-state index is 0.0523. The number of hydrogen-bond acceptors (Lipinski definition) is 4. The topological polar surface area (TPSA) is 65.8 Å². The molecule has 30 heavy (non-hydrogen) atoms. The molecule has 1 atom stereocenters. The molecule has 4 rings (SSSR count). The highest BCUT2D eigenvalue weighted by molar-refractivity contribution is 5.93. The number of likely N-dealkylation sites (tertiary alicyclic amines) is 2. The molecule has 0 saturated carbocycles. The van der Waals surface area contributed by atoms with Crippen molar-refractivity contribution in [3.8, 4) is 0 Å². The summed E-state index contributed by atoms with van der Waals surface area (Å²) in [6.07, 6.45) is 7.87. The Balaban J connectivity index is 1.22. The molecule has 0 radical (unpaired) electrons. The van der Waals surface area contributed by atoms with Gasteiger partial charge in [-0.25, -0.2) is 0 Å². The van der Waals surface area contributed by atoms with Gasteiger partial charge in [0.2, 0.25) is 5.91 Å². The standard InChI is InChI=1S/C24H31N3O3/c28-23(25-12-8-19-5-2-1-3-6-19)20-7-4-13-27(17-20)22-9-14-26(15-10-22)24(29)21-11-16-30-18-21/h1-3,5-6,11,16,18,20,22H,4,7-10,12-15,17H2,(H,25,28)/t20-/m0/s1. The number of nitrogens with zero attached hydrogens (tertiary/aromatic N) is 2. The van der Waals surface area contributed by atoms with Crippen LogP contribution in [0, 0.1) is 5.92 Å². The first kappa shape index (κ1) is 20.7. The fraction of sp³-hybridized carbons (Fsp3) is 0.500. The predicted octanol–water partition coefficient (Wildman–Crippen LogP) is 2.96. The van der Waals surface area contributed by atoms with Gasteiger partial charge in [-0.2, -0.15) is 0 Å². The largest absolute Gasteiger partial charge is 0.472 e. The normalized spacial score (nSPS) is 20.8. The number of furan rings is 1. The summed E-state index contributed by atoms with van der Waals surface area (Å²) in [7, 11) is 0. The molecule has 0 aliphatic carbocycles. The molecule has 2 aliphatic rings. The van der Waals surface area contributed by atoms with Crippen molar-refractivity contribution in [2.24, 2.45) is 5.92 Å². The van der Waals surface area contributed by atoms with Crippen LogP contribution in [0.1, 0.15) is 41.6 Å². The number of benzene rings is 1. The van der Waals surface area contributed by atoms with Gasteiger partial charge in [0.25, 0.3) is 5.91 Å². The van der Waals surface area contributed by atoms with Gasteiger partial charge in [0.05, 0.1) is 17.7 Å². The van der Waals surface area contributed by atoms with Gasteiger partial charge < -0.3 is 14.6 Å². The van der Waals surface area contributed by atoms with Crippen LogP contribution in [0.3, 0.4) is 0 Å². The van der Waals surface area contributed by atoms with Crippen LogP contribution in [-0.4, -0.2) is 60.4 Å². The average molecular weight is 410 g/mol. The van der Waals surface area contributed by atoms with E-state index in [0.717, 1.165) is 58.3 Å². The number of hydrogen-bond donors (Lipinski definition) is 1. The summed E-state index contributed by atoms with van der Waals surface area (Å²) in [6.45, 7) is 4.09. The van der Waals surface area contributed by atoms with Crippen molar-refractivity contribution in [1.29, 1.82) is 0 Å². The van der Waals surface area contributed by atoms with Crippen molar-refractivity contribution in [1.82, 2.24) is 15.1 Å². The van der Waals surface area contributed by atoms with Crippen molar-refractivity contribution in [3.63, 3.8) is 0 Å². The van der Waals surface area contributed by atoms with E-state index in [0.29, 0.717) is 18.2 Å². The molecule has 160 valence electrons. The van der Waals surface area contributed by atoms with E-state index >= 15 is 0 Å². The Morgan fingerprint density at radius 1 is 1.03 bits per heavy atom. The fourth-order valence-corrected chi connectivity index (χ4v) is 4.67. The van der Waals surface area contributed by atoms with Gasteiger partial charge in [0.15, 0.2) is 0 Å². The predicted molar refractivity (Wildman–Crippen MR) is 115 cm³/mol. The Hall–Kier alpha value is -2.60. The number of rotatable bonds is 6. The highest BCUT2D eigenvalue weighted by Crippen LogP contribution is 2.25. The van der Waals surface area contributed by atoms with Gasteiger partial charge in [-0.3, -0.25) is 14.5 Å². The van der Waals surface area contributed by atoms with Crippen LogP contribution < -0.4 is 5.32 Å². The summed E-state index contributed by atoms with van der Waals surface area (Å²) < 4.78 is 5.04. The van der Waals surface area contributed by atoms with E-state index in [-0.39, 0.29) is 17.7 Å². The van der Waals surface area contributed by atoms with E-state index in [1.54, 1.807) is 12.3 Å². The molecule has 0 unspecified atom stereocenters. The van der Waals surface area contributed by atoms with Crippen molar-refractivity contribution in [3.05, 3.63) is 60.1 Å². The van der Waals surface area contributed by atoms with Gasteiger partial charge in [-0.05, 0) is 50.3 Å². The second-order valence-corrected chi connectivity index (χ2v) is 8.40. The molecular formula is C24H31N3O3. The molecule has 1 N–H and O–H groups in total. The Morgan fingerprint density at radius 2 is 1.83 bits per heavy atom. The molecule has 2 aromatic rings. The third kappa shape index (κ3) is 5.11. The number of nitrogens with one attached hydrogen (secondary N) is 1. The Labute approximate surface area is 178 Å². The van der Waals surface area contributed by atoms with E-state index in [4.69, 9.17) is 4.42 Å². The van der Waals surface area contributed by atoms with Gasteiger partial charge in [0.1, 0.15) is 6.26 Å². The monoisotopic (exact) mass is 409 g/mol. The van der Waals surface area contributed by atoms with Crippen molar-refractivity contribution in [2.75, 3.05) is 32.7 Å². The lowest BCUT2D eigenvalue weighted by atomic mass is 9.93. The van der Waals surface area contributed by atoms with Gasteiger partial charge in [-0.1, -0.05) is 30.3 Å². The first-order chi connectivity index (χ1) is 14.7. The Kier molecular flexibility index (Phi) is 6.84. The van der Waals surface area contributed by atoms with Crippen LogP contribution in [-0.2, 0) is 11.2 Å². The molecule has 1 aromatic carbocycles. The molecule has 0 spiro atoms. The second-order valence-electron chi connectivity index (χ2n) is 8.40. The third-order valence-corrected chi connectivity index (χ3v) is 6.42. The van der Waals surface area contributed by atoms with Crippen LogP contribution in [0.25, 0.3) is 0 Å². The van der Waals surface area contributed by atoms with Crippen LogP contribution in [0.2, 0.25) is 0 Å². The summed E-state index contributed by atoms with van der Waals surface area (Å²) in [5.41, 5.74) is 1.87. The van der Waals surface area contributed by atoms with E-state index in [1.165, 1.54) is 11.8 Å². The molecule has 2 amide bonds. The maximum absolute atomic E-state index is 12.7. The average Bonchev–Trinajstić information content (AvgIpc) is 3.34. The van der Waals surface area contributed by atoms with E-state index in [1.807, 2.05) is 23.1 Å². The van der Waals surface area contributed by atoms with Gasteiger partial charge >= 0.3 is 0 Å². The lowest BCUT2D eigenvalue weighted by Gasteiger charge is -2.42. The SMILES string of the molecule is O=C(NCCc1ccccc1)[C@H]1CCCN(C2CCN(C(=O)c3ccoc3)CC2)C1. The van der Waals surface area contributed by atoms with Crippen molar-refractivity contribution in [2.45, 2.75) is 38.1 Å². The van der Waals surface area contributed by atoms with E-state index in [9.17, 15) is 9.59 Å². The molecule has 1 aromatic heterocycles. The highest BCUT2D eigenvalue weighted by atomic mass is 16.3. The maximum atomic E-state index is 12.7. The van der Waals surface area contributed by atoms with Crippen LogP contribution in [0.5, 0.6) is 0 Å². The highest BCUT2D eigenvalue weighted by Gasteiger charge is 2.32. The lowest BCUT2D eigenvalue weighted by Crippen LogP contribution is -2.51. The number of piperidine rings is 2. The third-order valence-electron chi connectivity index (χ3n) is 6.42. The van der Waals surface area contributed by atoms with E-state index in [2.05, 4.69) is 22.3 Å². The summed E-state index contributed by atoms with van der Waals surface area (Å²) in [5, 5.41) is 3.13. The quantitative estimate of drug-likeness (QED) is 0.797. The van der Waals surface area contributed by atoms with Crippen LogP contribution >= 0.6 is 0 Å². The first-order valence-corrected chi connectivity index (χ1v) is 11.1. The Bertz CT molecular complexity index is 813. The van der Waals surface area contributed by atoms with Crippen LogP contribution in [0.4, 0.5) is 0 Å². The minimum Gasteiger partial charge on any atom is -0.472 e. The Morgan fingerprint density at radius 3 is 2.57 bits per heavy atom. The zero-order valence-corrected chi connectivity index (χ0v) is 17.5. The first-order valence-electron chi connectivity index (χ1n) is 11.1. The van der Waals surface area contributed by atoms with Crippen molar-refractivity contribution < 1.29 is 14.0 Å². The molecule has 6 nitrogen and oxygen atoms in total. The smallest absolute Gasteiger partial charge is 0.257 e. The molecule has 2 aliphatic heterocycles. The molecule has 2 fully saturated rings. The molecule has 2 saturated heterocycles. The summed E-state index contributed by atoms with van der Waals surface area (Å²) >= 11 is 0. The second kappa shape index (κ2) is 9.94.